The van der Waals surface area contributed by atoms with Gasteiger partial charge in [-0.3, -0.25) is 0 Å². The molecule has 0 aliphatic rings. The van der Waals surface area contributed by atoms with Crippen LogP contribution in [0.2, 0.25) is 0 Å². The zero-order chi connectivity index (χ0) is 12.8. The largest absolute Gasteiger partial charge is 0.368 e. The predicted octanol–water partition coefficient (Wildman–Crippen LogP) is 2.83. The highest BCUT2D eigenvalue weighted by molar-refractivity contribution is 5.55. The first kappa shape index (κ1) is 13.5. The summed E-state index contributed by atoms with van der Waals surface area (Å²) < 4.78 is 0. The number of nitrogens with two attached hydrogens (primary N) is 1. The maximum Gasteiger partial charge on any atom is 0.0640 e. The molecule has 92 valence electrons. The van der Waals surface area contributed by atoms with Crippen molar-refractivity contribution in [3.05, 3.63) is 29.8 Å². The fraction of sp³-hybridized carbons (Fsp3) is 0.500. The number of para-hydroxylation sites is 1. The Kier molecular flexibility index (Phi) is 4.99. The van der Waals surface area contributed by atoms with Gasteiger partial charge in [0.15, 0.2) is 0 Å². The van der Waals surface area contributed by atoms with Gasteiger partial charge in [0.1, 0.15) is 0 Å². The fourth-order valence-corrected chi connectivity index (χ4v) is 1.96. The van der Waals surface area contributed by atoms with Gasteiger partial charge in [0.05, 0.1) is 12.5 Å². The molecular formula is C14H21N3. The molecule has 0 amide bonds. The van der Waals surface area contributed by atoms with Crippen molar-refractivity contribution in [2.45, 2.75) is 39.3 Å². The summed E-state index contributed by atoms with van der Waals surface area (Å²) in [6.07, 6.45) is 0.533. The number of hydrogen-bond donors (Lipinski definition) is 1. The predicted molar refractivity (Wildman–Crippen MR) is 71.8 cm³/mol. The first-order valence-corrected chi connectivity index (χ1v) is 6.06. The molecule has 1 aromatic carbocycles. The van der Waals surface area contributed by atoms with Gasteiger partial charge in [0, 0.05) is 24.3 Å². The highest BCUT2D eigenvalue weighted by Crippen LogP contribution is 2.26. The van der Waals surface area contributed by atoms with E-state index in [1.165, 1.54) is 0 Å². The smallest absolute Gasteiger partial charge is 0.0640 e. The first-order chi connectivity index (χ1) is 8.07. The molecule has 1 atom stereocenters. The number of benzene rings is 1. The van der Waals surface area contributed by atoms with E-state index in [0.29, 0.717) is 12.5 Å². The van der Waals surface area contributed by atoms with Gasteiger partial charge in [-0.1, -0.05) is 18.2 Å². The summed E-state index contributed by atoms with van der Waals surface area (Å²) in [5.74, 6) is 0. The summed E-state index contributed by atoms with van der Waals surface area (Å²) in [5.41, 5.74) is 8.27. The molecule has 3 heteroatoms. The molecule has 0 bridgehead atoms. The minimum Gasteiger partial charge on any atom is -0.368 e. The Labute approximate surface area is 104 Å². The van der Waals surface area contributed by atoms with Crippen LogP contribution in [-0.2, 0) is 0 Å². The maximum absolute atomic E-state index is 8.72. The third kappa shape index (κ3) is 3.47. The topological polar surface area (TPSA) is 53.0 Å². The average Bonchev–Trinajstić information content (AvgIpc) is 2.29. The molecule has 0 aliphatic carbocycles. The van der Waals surface area contributed by atoms with Gasteiger partial charge in [-0.15, -0.1) is 0 Å². The van der Waals surface area contributed by atoms with Gasteiger partial charge in [-0.05, 0) is 32.4 Å². The Morgan fingerprint density at radius 2 is 1.94 bits per heavy atom. The van der Waals surface area contributed by atoms with E-state index >= 15 is 0 Å². The summed E-state index contributed by atoms with van der Waals surface area (Å²) in [4.78, 5) is 2.24. The van der Waals surface area contributed by atoms with Crippen LogP contribution in [0.1, 0.15) is 38.8 Å². The van der Waals surface area contributed by atoms with Crippen LogP contribution in [0.15, 0.2) is 24.3 Å². The number of nitrogens with zero attached hydrogens (tertiary/aromatic N) is 2. The van der Waals surface area contributed by atoms with Crippen LogP contribution in [0, 0.1) is 11.3 Å². The van der Waals surface area contributed by atoms with Crippen molar-refractivity contribution < 1.29 is 0 Å². The Hall–Kier alpha value is -1.53. The Balaban J connectivity index is 3.05. The second kappa shape index (κ2) is 6.27. The molecule has 0 spiro atoms. The van der Waals surface area contributed by atoms with Gasteiger partial charge >= 0.3 is 0 Å². The lowest BCUT2D eigenvalue weighted by Crippen LogP contribution is -2.33. The molecule has 1 rings (SSSR count). The molecule has 0 saturated carbocycles. The lowest BCUT2D eigenvalue weighted by atomic mass is 10.0. The second-order valence-corrected chi connectivity index (χ2v) is 4.54. The third-order valence-electron chi connectivity index (χ3n) is 2.82. The van der Waals surface area contributed by atoms with Crippen molar-refractivity contribution >= 4 is 5.69 Å². The van der Waals surface area contributed by atoms with E-state index in [2.05, 4.69) is 36.9 Å². The van der Waals surface area contributed by atoms with E-state index < -0.39 is 0 Å². The highest BCUT2D eigenvalue weighted by atomic mass is 15.2. The normalized spacial score (nSPS) is 12.2. The van der Waals surface area contributed by atoms with E-state index in [1.54, 1.807) is 0 Å². The van der Waals surface area contributed by atoms with E-state index in [-0.39, 0.29) is 6.04 Å². The van der Waals surface area contributed by atoms with Gasteiger partial charge < -0.3 is 10.6 Å². The number of nitriles is 1. The highest BCUT2D eigenvalue weighted by Gasteiger charge is 2.15. The number of anilines is 1. The standard InChI is InChI=1S/C14H21N3/c1-11(2)17(10-6-9-15)14-8-5-4-7-13(14)12(3)16/h4-5,7-8,11-12H,6,10,16H2,1-3H3/t12-/m0/s1. The first-order valence-electron chi connectivity index (χ1n) is 6.06. The Morgan fingerprint density at radius 3 is 2.47 bits per heavy atom. The molecule has 17 heavy (non-hydrogen) atoms. The summed E-state index contributed by atoms with van der Waals surface area (Å²) >= 11 is 0. The zero-order valence-electron chi connectivity index (χ0n) is 10.9. The van der Waals surface area contributed by atoms with Crippen LogP contribution >= 0.6 is 0 Å². The zero-order valence-corrected chi connectivity index (χ0v) is 10.9. The van der Waals surface area contributed by atoms with Crippen molar-refractivity contribution in [3.8, 4) is 6.07 Å². The second-order valence-electron chi connectivity index (χ2n) is 4.54. The fourth-order valence-electron chi connectivity index (χ4n) is 1.96. The van der Waals surface area contributed by atoms with Crippen molar-refractivity contribution in [3.63, 3.8) is 0 Å². The minimum absolute atomic E-state index is 0.00883. The average molecular weight is 231 g/mol. The number of hydrogen-bond acceptors (Lipinski definition) is 3. The lowest BCUT2D eigenvalue weighted by molar-refractivity contribution is 0.676. The van der Waals surface area contributed by atoms with Gasteiger partial charge in [-0.2, -0.15) is 5.26 Å². The molecule has 0 radical (unpaired) electrons. The maximum atomic E-state index is 8.72. The van der Waals surface area contributed by atoms with Crippen molar-refractivity contribution in [2.24, 2.45) is 5.73 Å². The van der Waals surface area contributed by atoms with Crippen LogP contribution in [0.25, 0.3) is 0 Å². The molecule has 0 heterocycles. The van der Waals surface area contributed by atoms with Gasteiger partial charge in [0.2, 0.25) is 0 Å². The molecule has 0 aromatic heterocycles. The summed E-state index contributed by atoms with van der Waals surface area (Å²) in [5, 5.41) is 8.72. The van der Waals surface area contributed by atoms with Crippen LogP contribution < -0.4 is 10.6 Å². The molecule has 3 nitrogen and oxygen atoms in total. The molecule has 0 aliphatic heterocycles. The van der Waals surface area contributed by atoms with E-state index in [4.69, 9.17) is 11.0 Å². The van der Waals surface area contributed by atoms with Crippen LogP contribution in [0.4, 0.5) is 5.69 Å². The monoisotopic (exact) mass is 231 g/mol. The molecule has 1 aromatic rings. The lowest BCUT2D eigenvalue weighted by Gasteiger charge is -2.31. The van der Waals surface area contributed by atoms with Crippen molar-refractivity contribution in [1.82, 2.24) is 0 Å². The van der Waals surface area contributed by atoms with Gasteiger partial charge in [0.25, 0.3) is 0 Å². The van der Waals surface area contributed by atoms with E-state index in [9.17, 15) is 0 Å². The van der Waals surface area contributed by atoms with Crippen molar-refractivity contribution in [2.75, 3.05) is 11.4 Å². The molecule has 0 fully saturated rings. The minimum atomic E-state index is 0.00883. The molecular weight excluding hydrogens is 210 g/mol. The Bertz CT molecular complexity index is 391. The summed E-state index contributed by atoms with van der Waals surface area (Å²) in [6.45, 7) is 7.00. The molecule has 2 N–H and O–H groups in total. The van der Waals surface area contributed by atoms with Crippen LogP contribution in [0.3, 0.4) is 0 Å². The van der Waals surface area contributed by atoms with Crippen molar-refractivity contribution in [1.29, 1.82) is 5.26 Å². The van der Waals surface area contributed by atoms with Gasteiger partial charge in [-0.25, -0.2) is 0 Å². The number of rotatable bonds is 5. The molecule has 0 unspecified atom stereocenters. The molecule has 0 saturated heterocycles. The van der Waals surface area contributed by atoms with Crippen LogP contribution in [0.5, 0.6) is 0 Å². The summed E-state index contributed by atoms with van der Waals surface area (Å²) in [7, 11) is 0. The quantitative estimate of drug-likeness (QED) is 0.847. The SMILES string of the molecule is CC(C)N(CCC#N)c1ccccc1[C@H](C)N. The third-order valence-corrected chi connectivity index (χ3v) is 2.82. The van der Waals surface area contributed by atoms with Crippen LogP contribution in [-0.4, -0.2) is 12.6 Å². The van der Waals surface area contributed by atoms with E-state index in [0.717, 1.165) is 17.8 Å². The summed E-state index contributed by atoms with van der Waals surface area (Å²) in [6, 6.07) is 10.7. The van der Waals surface area contributed by atoms with E-state index in [1.807, 2.05) is 19.1 Å². The Morgan fingerprint density at radius 1 is 1.29 bits per heavy atom.